The predicted octanol–water partition coefficient (Wildman–Crippen LogP) is 3.35. The lowest BCUT2D eigenvalue weighted by Gasteiger charge is -2.10. The maximum absolute atomic E-state index is 12.3. The molecule has 3 N–H and O–H groups in total. The lowest BCUT2D eigenvalue weighted by molar-refractivity contribution is 0.0953. The Morgan fingerprint density at radius 3 is 2.62 bits per heavy atom. The first kappa shape index (κ1) is 20.9. The molecule has 1 aliphatic rings. The van der Waals surface area contributed by atoms with Gasteiger partial charge in [-0.15, -0.1) is 36.2 Å². The Labute approximate surface area is 159 Å². The average Bonchev–Trinajstić information content (AvgIpc) is 3.30. The number of thiazole rings is 1. The minimum absolute atomic E-state index is 0. The van der Waals surface area contributed by atoms with Gasteiger partial charge >= 0.3 is 0 Å². The van der Waals surface area contributed by atoms with Gasteiger partial charge in [-0.25, -0.2) is 4.98 Å². The molecule has 1 fully saturated rings. The lowest BCUT2D eigenvalue weighted by Crippen LogP contribution is -2.38. The van der Waals surface area contributed by atoms with E-state index in [0.29, 0.717) is 17.3 Å². The molecule has 2 aromatic rings. The molecule has 0 radical (unpaired) electrons. The molecule has 24 heavy (non-hydrogen) atoms. The normalized spacial score (nSPS) is 14.2. The van der Waals surface area contributed by atoms with E-state index in [1.54, 1.807) is 0 Å². The first-order chi connectivity index (χ1) is 10.6. The Kier molecular flexibility index (Phi) is 8.16. The van der Waals surface area contributed by atoms with Crippen LogP contribution in [0.3, 0.4) is 0 Å². The largest absolute Gasteiger partial charge is 0.350 e. The third-order valence-corrected chi connectivity index (χ3v) is 5.13. The zero-order chi connectivity index (χ0) is 15.5. The zero-order valence-electron chi connectivity index (χ0n) is 13.5. The van der Waals surface area contributed by atoms with Crippen molar-refractivity contribution in [3.05, 3.63) is 51.5 Å². The number of aryl methyl sites for hydroxylation is 1. The summed E-state index contributed by atoms with van der Waals surface area (Å²) >= 11 is 1.47. The molecule has 1 heterocycles. The molecule has 0 bridgehead atoms. The SMILES string of the molecule is Cc1nc(Cc2ccccc2)sc1C(=O)NCC(N)C1CC1.Cl.Cl. The Morgan fingerprint density at radius 2 is 2.00 bits per heavy atom. The summed E-state index contributed by atoms with van der Waals surface area (Å²) in [6.07, 6.45) is 3.15. The second kappa shape index (κ2) is 9.37. The van der Waals surface area contributed by atoms with Gasteiger partial charge in [-0.05, 0) is 31.2 Å². The smallest absolute Gasteiger partial charge is 0.263 e. The van der Waals surface area contributed by atoms with Crippen LogP contribution in [0.15, 0.2) is 30.3 Å². The summed E-state index contributed by atoms with van der Waals surface area (Å²) in [4.78, 5) is 17.5. The van der Waals surface area contributed by atoms with Gasteiger partial charge in [0.1, 0.15) is 4.88 Å². The summed E-state index contributed by atoms with van der Waals surface area (Å²) in [5.74, 6) is 0.543. The number of carbonyl (C=O) groups is 1. The quantitative estimate of drug-likeness (QED) is 0.798. The fourth-order valence-corrected chi connectivity index (χ4v) is 3.51. The van der Waals surface area contributed by atoms with Crippen molar-refractivity contribution in [2.45, 2.75) is 32.2 Å². The van der Waals surface area contributed by atoms with Crippen molar-refractivity contribution in [2.24, 2.45) is 11.7 Å². The van der Waals surface area contributed by atoms with E-state index in [0.717, 1.165) is 17.1 Å². The first-order valence-corrected chi connectivity index (χ1v) is 8.49. The van der Waals surface area contributed by atoms with Crippen LogP contribution in [-0.2, 0) is 6.42 Å². The molecule has 4 nitrogen and oxygen atoms in total. The topological polar surface area (TPSA) is 68.0 Å². The van der Waals surface area contributed by atoms with Gasteiger partial charge in [-0.2, -0.15) is 0 Å². The number of nitrogens with zero attached hydrogens (tertiary/aromatic N) is 1. The van der Waals surface area contributed by atoms with E-state index in [9.17, 15) is 4.79 Å². The summed E-state index contributed by atoms with van der Waals surface area (Å²) < 4.78 is 0. The summed E-state index contributed by atoms with van der Waals surface area (Å²) in [6.45, 7) is 2.44. The number of amides is 1. The number of benzene rings is 1. The van der Waals surface area contributed by atoms with Crippen molar-refractivity contribution in [3.63, 3.8) is 0 Å². The Balaban J connectivity index is 0.00000144. The van der Waals surface area contributed by atoms with E-state index in [1.807, 2.05) is 25.1 Å². The van der Waals surface area contributed by atoms with Crippen molar-refractivity contribution in [3.8, 4) is 0 Å². The fraction of sp³-hybridized carbons (Fsp3) is 0.412. The van der Waals surface area contributed by atoms with Crippen molar-refractivity contribution in [2.75, 3.05) is 6.54 Å². The third-order valence-electron chi connectivity index (χ3n) is 3.97. The molecule has 132 valence electrons. The van der Waals surface area contributed by atoms with Gasteiger partial charge < -0.3 is 11.1 Å². The van der Waals surface area contributed by atoms with Crippen molar-refractivity contribution in [1.29, 1.82) is 0 Å². The number of nitrogens with one attached hydrogen (secondary N) is 1. The van der Waals surface area contributed by atoms with Gasteiger partial charge in [0.2, 0.25) is 0 Å². The average molecular weight is 388 g/mol. The van der Waals surface area contributed by atoms with E-state index in [1.165, 1.54) is 29.7 Å². The van der Waals surface area contributed by atoms with Crippen molar-refractivity contribution in [1.82, 2.24) is 10.3 Å². The number of aromatic nitrogens is 1. The minimum atomic E-state index is -0.0505. The highest BCUT2D eigenvalue weighted by Crippen LogP contribution is 2.31. The molecule has 1 amide bonds. The van der Waals surface area contributed by atoms with Crippen LogP contribution in [0.1, 0.15) is 38.8 Å². The fourth-order valence-electron chi connectivity index (χ4n) is 2.49. The molecule has 7 heteroatoms. The molecule has 0 aliphatic heterocycles. The predicted molar refractivity (Wildman–Crippen MR) is 104 cm³/mol. The standard InChI is InChI=1S/C17H21N3OS.2ClH/c1-11-16(17(21)19-10-14(18)13-7-8-13)22-15(20-11)9-12-5-3-2-4-6-12;;/h2-6,13-14H,7-10,18H2,1H3,(H,19,21);2*1H. The van der Waals surface area contributed by atoms with Gasteiger partial charge in [0.05, 0.1) is 10.7 Å². The molecule has 1 atom stereocenters. The second-order valence-electron chi connectivity index (χ2n) is 5.90. The number of nitrogens with two attached hydrogens (primary N) is 1. The highest BCUT2D eigenvalue weighted by molar-refractivity contribution is 7.13. The first-order valence-electron chi connectivity index (χ1n) is 7.67. The van der Waals surface area contributed by atoms with Crippen LogP contribution in [0.25, 0.3) is 0 Å². The van der Waals surface area contributed by atoms with Gasteiger partial charge in [-0.3, -0.25) is 4.79 Å². The van der Waals surface area contributed by atoms with Gasteiger partial charge in [-0.1, -0.05) is 30.3 Å². The highest BCUT2D eigenvalue weighted by Gasteiger charge is 2.28. The van der Waals surface area contributed by atoms with Gasteiger partial charge in [0.25, 0.3) is 5.91 Å². The van der Waals surface area contributed by atoms with E-state index in [2.05, 4.69) is 22.4 Å². The molecule has 1 saturated carbocycles. The van der Waals surface area contributed by atoms with Crippen LogP contribution >= 0.6 is 36.2 Å². The number of hydrogen-bond donors (Lipinski definition) is 2. The second-order valence-corrected chi connectivity index (χ2v) is 6.98. The maximum atomic E-state index is 12.3. The maximum Gasteiger partial charge on any atom is 0.263 e. The number of carbonyl (C=O) groups excluding carboxylic acids is 1. The van der Waals surface area contributed by atoms with Crippen LogP contribution in [-0.4, -0.2) is 23.5 Å². The molecule has 1 aromatic carbocycles. The molecule has 1 unspecified atom stereocenters. The summed E-state index contributed by atoms with van der Waals surface area (Å²) in [5, 5.41) is 3.92. The Morgan fingerprint density at radius 1 is 1.33 bits per heavy atom. The van der Waals surface area contributed by atoms with Crippen molar-refractivity contribution >= 4 is 42.1 Å². The van der Waals surface area contributed by atoms with Gasteiger partial charge in [0, 0.05) is 19.0 Å². The molecular weight excluding hydrogens is 365 g/mol. The number of rotatable bonds is 6. The Hall–Kier alpha value is -1.14. The third kappa shape index (κ3) is 5.45. The van der Waals surface area contributed by atoms with Crippen molar-refractivity contribution < 1.29 is 4.79 Å². The van der Waals surface area contributed by atoms with E-state index in [-0.39, 0.29) is 36.8 Å². The van der Waals surface area contributed by atoms with Crippen LogP contribution in [0.4, 0.5) is 0 Å². The van der Waals surface area contributed by atoms with Crippen LogP contribution in [0, 0.1) is 12.8 Å². The Bertz CT molecular complexity index is 659. The minimum Gasteiger partial charge on any atom is -0.350 e. The summed E-state index contributed by atoms with van der Waals surface area (Å²) in [5.41, 5.74) is 8.03. The zero-order valence-corrected chi connectivity index (χ0v) is 16.0. The number of hydrogen-bond acceptors (Lipinski definition) is 4. The molecular formula is C17H23Cl2N3OS. The summed E-state index contributed by atoms with van der Waals surface area (Å²) in [7, 11) is 0. The van der Waals surface area contributed by atoms with Crippen LogP contribution < -0.4 is 11.1 Å². The monoisotopic (exact) mass is 387 g/mol. The van der Waals surface area contributed by atoms with Crippen LogP contribution in [0.5, 0.6) is 0 Å². The van der Waals surface area contributed by atoms with E-state index in [4.69, 9.17) is 5.73 Å². The van der Waals surface area contributed by atoms with E-state index < -0.39 is 0 Å². The number of halogens is 2. The highest BCUT2D eigenvalue weighted by atomic mass is 35.5. The van der Waals surface area contributed by atoms with Crippen LogP contribution in [0.2, 0.25) is 0 Å². The lowest BCUT2D eigenvalue weighted by atomic mass is 10.2. The van der Waals surface area contributed by atoms with Gasteiger partial charge in [0.15, 0.2) is 0 Å². The molecule has 1 aromatic heterocycles. The molecule has 1 aliphatic carbocycles. The molecule has 0 spiro atoms. The van der Waals surface area contributed by atoms with E-state index >= 15 is 0 Å². The summed E-state index contributed by atoms with van der Waals surface area (Å²) in [6, 6.07) is 10.3. The molecule has 0 saturated heterocycles. The molecule has 3 rings (SSSR count).